The Morgan fingerprint density at radius 3 is 2.78 bits per heavy atom. The molecule has 0 unspecified atom stereocenters. The van der Waals surface area contributed by atoms with Gasteiger partial charge in [0.1, 0.15) is 18.4 Å². The third-order valence-electron chi connectivity index (χ3n) is 2.93. The first-order valence-electron chi connectivity index (χ1n) is 6.94. The van der Waals surface area contributed by atoms with Crippen molar-refractivity contribution < 1.29 is 4.74 Å². The van der Waals surface area contributed by atoms with Gasteiger partial charge in [0.05, 0.1) is 11.9 Å². The lowest BCUT2D eigenvalue weighted by Gasteiger charge is -2.06. The van der Waals surface area contributed by atoms with Gasteiger partial charge in [-0.1, -0.05) is 0 Å². The molecule has 0 aliphatic heterocycles. The summed E-state index contributed by atoms with van der Waals surface area (Å²) >= 11 is 0. The van der Waals surface area contributed by atoms with Crippen LogP contribution in [0.3, 0.4) is 0 Å². The van der Waals surface area contributed by atoms with Crippen LogP contribution < -0.4 is 15.9 Å². The highest BCUT2D eigenvalue weighted by Crippen LogP contribution is 2.17. The Kier molecular flexibility index (Phi) is 5.30. The van der Waals surface area contributed by atoms with Crippen LogP contribution in [0.25, 0.3) is 0 Å². The van der Waals surface area contributed by atoms with Gasteiger partial charge in [0.15, 0.2) is 5.84 Å². The van der Waals surface area contributed by atoms with E-state index in [2.05, 4.69) is 15.6 Å². The van der Waals surface area contributed by atoms with Gasteiger partial charge in [0.2, 0.25) is 5.71 Å². The van der Waals surface area contributed by atoms with Gasteiger partial charge in [-0.2, -0.15) is 15.5 Å². The zero-order valence-corrected chi connectivity index (χ0v) is 12.7. The lowest BCUT2D eigenvalue weighted by molar-refractivity contribution is 0.306. The molecule has 8 nitrogen and oxygen atoms in total. The van der Waals surface area contributed by atoms with E-state index in [0.717, 1.165) is 12.1 Å². The average Bonchev–Trinajstić information content (AvgIpc) is 3.02. The molecule has 0 spiro atoms. The lowest BCUT2D eigenvalue weighted by atomic mass is 10.3. The van der Waals surface area contributed by atoms with Crippen molar-refractivity contribution >= 4 is 17.2 Å². The second-order valence-electron chi connectivity index (χ2n) is 4.62. The number of aryl methyl sites for hydroxylation is 1. The maximum absolute atomic E-state index is 8.75. The highest BCUT2D eigenvalue weighted by atomic mass is 16.5. The van der Waals surface area contributed by atoms with Crippen LogP contribution >= 0.6 is 0 Å². The van der Waals surface area contributed by atoms with Crippen molar-refractivity contribution in [2.24, 2.45) is 10.8 Å². The number of hydrogen-bond acceptors (Lipinski definition) is 6. The normalized spacial score (nSPS) is 10.9. The van der Waals surface area contributed by atoms with Crippen LogP contribution in [0.1, 0.15) is 12.5 Å². The fourth-order valence-electron chi connectivity index (χ4n) is 1.71. The molecule has 0 atom stereocenters. The third-order valence-corrected chi connectivity index (χ3v) is 2.93. The predicted molar refractivity (Wildman–Crippen MR) is 87.3 cm³/mol. The molecule has 1 aromatic heterocycles. The topological polar surface area (TPSA) is 125 Å². The minimum atomic E-state index is -0.382. The third kappa shape index (κ3) is 4.57. The predicted octanol–water partition coefficient (Wildman–Crippen LogP) is 1.71. The van der Waals surface area contributed by atoms with E-state index in [1.54, 1.807) is 36.5 Å². The molecule has 0 saturated heterocycles. The van der Waals surface area contributed by atoms with Crippen molar-refractivity contribution in [1.82, 2.24) is 9.78 Å². The van der Waals surface area contributed by atoms with E-state index in [9.17, 15) is 0 Å². The Balaban J connectivity index is 1.91. The molecule has 0 fully saturated rings. The average molecular weight is 311 g/mol. The standard InChI is InChI=1S/C15H17N7O/c1-2-22-9-11(8-19-22)10-23-13-5-3-12(4-6-13)20-21-14(7-16)15(17)18/h3-6,8-9,20H,2,10H2,1H3,(H3,17,18)/b21-14+. The van der Waals surface area contributed by atoms with E-state index in [0.29, 0.717) is 18.0 Å². The first-order valence-corrected chi connectivity index (χ1v) is 6.94. The SMILES string of the molecule is CCn1cc(COc2ccc(N/N=C(\C#N)C(=N)N)cc2)cn1. The number of nitrogens with zero attached hydrogens (tertiary/aromatic N) is 4. The molecule has 118 valence electrons. The fraction of sp³-hybridized carbons (Fsp3) is 0.200. The highest BCUT2D eigenvalue weighted by molar-refractivity contribution is 6.45. The number of nitrogens with two attached hydrogens (primary N) is 1. The lowest BCUT2D eigenvalue weighted by Crippen LogP contribution is -2.21. The number of rotatable bonds is 7. The number of ether oxygens (including phenoxy) is 1. The van der Waals surface area contributed by atoms with Crippen molar-refractivity contribution in [3.63, 3.8) is 0 Å². The highest BCUT2D eigenvalue weighted by Gasteiger charge is 2.02. The number of benzene rings is 1. The van der Waals surface area contributed by atoms with Gasteiger partial charge in [-0.25, -0.2) is 0 Å². The van der Waals surface area contributed by atoms with E-state index >= 15 is 0 Å². The van der Waals surface area contributed by atoms with Gasteiger partial charge < -0.3 is 10.5 Å². The minimum absolute atomic E-state index is 0.168. The summed E-state index contributed by atoms with van der Waals surface area (Å²) in [5, 5.41) is 23.8. The summed E-state index contributed by atoms with van der Waals surface area (Å²) in [7, 11) is 0. The van der Waals surface area contributed by atoms with Crippen LogP contribution in [0.15, 0.2) is 41.8 Å². The van der Waals surface area contributed by atoms with Crippen LogP contribution in [-0.2, 0) is 13.2 Å². The number of nitrogens with one attached hydrogen (secondary N) is 2. The van der Waals surface area contributed by atoms with Gasteiger partial charge in [-0.05, 0) is 31.2 Å². The summed E-state index contributed by atoms with van der Waals surface area (Å²) in [6, 6.07) is 8.80. The van der Waals surface area contributed by atoms with Crippen molar-refractivity contribution in [2.75, 3.05) is 5.43 Å². The molecule has 2 aromatic rings. The minimum Gasteiger partial charge on any atom is -0.489 e. The smallest absolute Gasteiger partial charge is 0.201 e. The molecular formula is C15H17N7O. The summed E-state index contributed by atoms with van der Waals surface area (Å²) in [5.74, 6) is 0.323. The molecule has 8 heteroatoms. The zero-order valence-electron chi connectivity index (χ0n) is 12.7. The van der Waals surface area contributed by atoms with Gasteiger partial charge >= 0.3 is 0 Å². The quantitative estimate of drug-likeness (QED) is 0.408. The second-order valence-corrected chi connectivity index (χ2v) is 4.62. The van der Waals surface area contributed by atoms with Gasteiger partial charge in [0, 0.05) is 18.3 Å². The molecule has 4 N–H and O–H groups in total. The van der Waals surface area contributed by atoms with Crippen LogP contribution in [0.2, 0.25) is 0 Å². The number of hydrogen-bond donors (Lipinski definition) is 3. The number of hydrazone groups is 1. The Morgan fingerprint density at radius 2 is 2.22 bits per heavy atom. The molecule has 0 aliphatic rings. The van der Waals surface area contributed by atoms with Crippen molar-refractivity contribution in [3.05, 3.63) is 42.2 Å². The molecule has 2 rings (SSSR count). The summed E-state index contributed by atoms with van der Waals surface area (Å²) in [6.45, 7) is 3.29. The van der Waals surface area contributed by atoms with Gasteiger partial charge in [0.25, 0.3) is 0 Å². The van der Waals surface area contributed by atoms with Crippen molar-refractivity contribution in [2.45, 2.75) is 20.1 Å². The zero-order chi connectivity index (χ0) is 16.7. The fourth-order valence-corrected chi connectivity index (χ4v) is 1.71. The van der Waals surface area contributed by atoms with Crippen molar-refractivity contribution in [1.29, 1.82) is 10.7 Å². The molecule has 23 heavy (non-hydrogen) atoms. The van der Waals surface area contributed by atoms with Gasteiger partial charge in [-0.3, -0.25) is 15.5 Å². The summed E-state index contributed by atoms with van der Waals surface area (Å²) in [4.78, 5) is 0. The number of amidine groups is 1. The van der Waals surface area contributed by atoms with E-state index in [-0.39, 0.29) is 11.5 Å². The number of aromatic nitrogens is 2. The molecule has 0 radical (unpaired) electrons. The largest absolute Gasteiger partial charge is 0.489 e. The summed E-state index contributed by atoms with van der Waals surface area (Å²) in [5.41, 5.74) is 9.36. The Hall–Kier alpha value is -3.34. The monoisotopic (exact) mass is 311 g/mol. The first kappa shape index (κ1) is 16.0. The number of nitriles is 1. The van der Waals surface area contributed by atoms with Crippen LogP contribution in [0, 0.1) is 16.7 Å². The summed E-state index contributed by atoms with van der Waals surface area (Å²) in [6.07, 6.45) is 3.72. The maximum atomic E-state index is 8.75. The molecular weight excluding hydrogens is 294 g/mol. The second kappa shape index (κ2) is 7.61. The summed E-state index contributed by atoms with van der Waals surface area (Å²) < 4.78 is 7.51. The molecule has 0 bridgehead atoms. The van der Waals surface area contributed by atoms with E-state index in [1.165, 1.54) is 0 Å². The van der Waals surface area contributed by atoms with E-state index in [4.69, 9.17) is 21.1 Å². The molecule has 0 aliphatic carbocycles. The van der Waals surface area contributed by atoms with Gasteiger partial charge in [-0.15, -0.1) is 0 Å². The van der Waals surface area contributed by atoms with Crippen LogP contribution in [0.5, 0.6) is 5.75 Å². The van der Waals surface area contributed by atoms with Crippen LogP contribution in [0.4, 0.5) is 5.69 Å². The molecule has 0 amide bonds. The van der Waals surface area contributed by atoms with E-state index in [1.807, 2.05) is 17.8 Å². The Labute approximate surface area is 133 Å². The molecule has 0 saturated carbocycles. The van der Waals surface area contributed by atoms with Crippen LogP contribution in [-0.4, -0.2) is 21.3 Å². The maximum Gasteiger partial charge on any atom is 0.201 e. The molecule has 1 aromatic carbocycles. The molecule has 1 heterocycles. The first-order chi connectivity index (χ1) is 11.1. The Morgan fingerprint density at radius 1 is 1.48 bits per heavy atom. The number of anilines is 1. The Bertz CT molecular complexity index is 740. The van der Waals surface area contributed by atoms with Crippen molar-refractivity contribution in [3.8, 4) is 11.8 Å². The van der Waals surface area contributed by atoms with E-state index < -0.39 is 0 Å².